The highest BCUT2D eigenvalue weighted by Gasteiger charge is 2.51. The van der Waals surface area contributed by atoms with Crippen molar-refractivity contribution in [1.29, 1.82) is 0 Å². The van der Waals surface area contributed by atoms with Crippen LogP contribution >= 0.6 is 0 Å². The molecule has 1 amide bonds. The Morgan fingerprint density at radius 3 is 2.19 bits per heavy atom. The number of nitrogens with zero attached hydrogens (tertiary/aromatic N) is 1. The molecular formula is C24H26BNO. The van der Waals surface area contributed by atoms with Gasteiger partial charge in [0.2, 0.25) is 0 Å². The summed E-state index contributed by atoms with van der Waals surface area (Å²) in [5.41, 5.74) is 2.70. The average Bonchev–Trinajstić information content (AvgIpc) is 2.66. The fourth-order valence-corrected chi connectivity index (χ4v) is 6.35. The number of carbonyl (C=O) groups excluding carboxylic acids is 1. The molecule has 0 aliphatic heterocycles. The number of rotatable bonds is 4. The van der Waals surface area contributed by atoms with Gasteiger partial charge in [-0.25, -0.2) is 0 Å². The van der Waals surface area contributed by atoms with Crippen molar-refractivity contribution < 1.29 is 4.79 Å². The topological polar surface area (TPSA) is 20.3 Å². The van der Waals surface area contributed by atoms with Gasteiger partial charge in [0.25, 0.3) is 5.91 Å². The molecule has 4 aliphatic rings. The highest BCUT2D eigenvalue weighted by Crippen LogP contribution is 2.55. The lowest BCUT2D eigenvalue weighted by atomic mass is 9.54. The zero-order chi connectivity index (χ0) is 18.4. The van der Waals surface area contributed by atoms with Gasteiger partial charge in [-0.2, -0.15) is 0 Å². The van der Waals surface area contributed by atoms with Gasteiger partial charge in [-0.1, -0.05) is 47.9 Å². The molecular weight excluding hydrogens is 329 g/mol. The van der Waals surface area contributed by atoms with E-state index in [-0.39, 0.29) is 5.91 Å². The van der Waals surface area contributed by atoms with Gasteiger partial charge in [-0.3, -0.25) is 4.79 Å². The second-order valence-electron chi connectivity index (χ2n) is 8.97. The highest BCUT2D eigenvalue weighted by molar-refractivity contribution is 6.32. The number of hydrogen-bond donors (Lipinski definition) is 0. The normalized spacial score (nSPS) is 31.0. The Hall–Kier alpha value is -2.03. The number of benzene rings is 2. The molecule has 2 aromatic carbocycles. The zero-order valence-corrected chi connectivity index (χ0v) is 15.8. The zero-order valence-electron chi connectivity index (χ0n) is 15.8. The molecule has 4 aliphatic carbocycles. The molecule has 2 aromatic rings. The van der Waals surface area contributed by atoms with Gasteiger partial charge < -0.3 is 4.90 Å². The molecule has 0 aromatic heterocycles. The van der Waals surface area contributed by atoms with E-state index in [4.69, 9.17) is 7.85 Å². The maximum atomic E-state index is 13.6. The van der Waals surface area contributed by atoms with Gasteiger partial charge in [0.1, 0.15) is 7.85 Å². The lowest BCUT2D eigenvalue weighted by molar-refractivity contribution is -0.0578. The molecule has 6 rings (SSSR count). The first-order valence-corrected chi connectivity index (χ1v) is 10.4. The Kier molecular flexibility index (Phi) is 4.34. The fraction of sp³-hybridized carbons (Fsp3) is 0.458. The Labute approximate surface area is 163 Å². The monoisotopic (exact) mass is 355 g/mol. The van der Waals surface area contributed by atoms with Crippen molar-refractivity contribution in [2.45, 2.75) is 44.7 Å². The summed E-state index contributed by atoms with van der Waals surface area (Å²) in [4.78, 5) is 15.7. The molecule has 0 unspecified atom stereocenters. The van der Waals surface area contributed by atoms with Crippen LogP contribution in [-0.4, -0.2) is 24.7 Å². The smallest absolute Gasteiger partial charge is 0.254 e. The van der Waals surface area contributed by atoms with Crippen LogP contribution in [0.5, 0.6) is 0 Å². The van der Waals surface area contributed by atoms with Gasteiger partial charge in [0.05, 0.1) is 0 Å². The highest BCUT2D eigenvalue weighted by atomic mass is 16.2. The molecule has 136 valence electrons. The van der Waals surface area contributed by atoms with Crippen LogP contribution in [0.1, 0.15) is 48.0 Å². The lowest BCUT2D eigenvalue weighted by Crippen LogP contribution is -2.57. The molecule has 4 fully saturated rings. The minimum Gasteiger partial charge on any atom is -0.331 e. The Morgan fingerprint density at radius 2 is 1.56 bits per heavy atom. The van der Waals surface area contributed by atoms with E-state index in [9.17, 15) is 4.79 Å². The molecule has 0 spiro atoms. The summed E-state index contributed by atoms with van der Waals surface area (Å²) in [6.45, 7) is 0.658. The van der Waals surface area contributed by atoms with E-state index in [1.165, 1.54) is 32.1 Å². The van der Waals surface area contributed by atoms with Crippen LogP contribution in [0.2, 0.25) is 0 Å². The fourth-order valence-electron chi connectivity index (χ4n) is 6.35. The van der Waals surface area contributed by atoms with E-state index in [1.807, 2.05) is 48.5 Å². The van der Waals surface area contributed by atoms with Crippen molar-refractivity contribution in [3.8, 4) is 0 Å². The van der Waals surface area contributed by atoms with Gasteiger partial charge >= 0.3 is 0 Å². The van der Waals surface area contributed by atoms with Crippen LogP contribution in [0.25, 0.3) is 0 Å². The van der Waals surface area contributed by atoms with E-state index < -0.39 is 0 Å². The minimum atomic E-state index is 0.176. The molecule has 0 atom stereocenters. The van der Waals surface area contributed by atoms with Crippen LogP contribution in [0, 0.1) is 23.7 Å². The quantitative estimate of drug-likeness (QED) is 0.761. The summed E-state index contributed by atoms with van der Waals surface area (Å²) >= 11 is 0. The van der Waals surface area contributed by atoms with E-state index >= 15 is 0 Å². The predicted molar refractivity (Wildman–Crippen MR) is 109 cm³/mol. The summed E-state index contributed by atoms with van der Waals surface area (Å²) in [5, 5.41) is 0. The first kappa shape index (κ1) is 17.1. The number of carbonyl (C=O) groups is 1. The lowest BCUT2D eigenvalue weighted by Gasteiger charge is -2.57. The van der Waals surface area contributed by atoms with E-state index in [1.54, 1.807) is 0 Å². The van der Waals surface area contributed by atoms with Crippen molar-refractivity contribution in [3.63, 3.8) is 0 Å². The first-order valence-electron chi connectivity index (χ1n) is 10.4. The number of amides is 1. The van der Waals surface area contributed by atoms with E-state index in [2.05, 4.69) is 11.0 Å². The average molecular weight is 355 g/mol. The molecule has 0 saturated heterocycles. The predicted octanol–water partition coefficient (Wildman–Crippen LogP) is 3.95. The van der Waals surface area contributed by atoms with Crippen LogP contribution in [-0.2, 0) is 6.54 Å². The number of hydrogen-bond acceptors (Lipinski definition) is 1. The van der Waals surface area contributed by atoms with Crippen LogP contribution in [0.4, 0.5) is 0 Å². The maximum absolute atomic E-state index is 13.6. The van der Waals surface area contributed by atoms with E-state index in [0.29, 0.717) is 24.4 Å². The third-order valence-corrected chi connectivity index (χ3v) is 7.12. The summed E-state index contributed by atoms with van der Waals surface area (Å²) in [5.74, 6) is 3.34. The Balaban J connectivity index is 1.49. The molecule has 0 N–H and O–H groups in total. The molecule has 4 bridgehead atoms. The van der Waals surface area contributed by atoms with E-state index in [0.717, 1.165) is 28.4 Å². The summed E-state index contributed by atoms with van der Waals surface area (Å²) < 4.78 is 0. The van der Waals surface area contributed by atoms with Crippen molar-refractivity contribution >= 4 is 19.2 Å². The standard InChI is InChI=1S/C24H26BNO/c25-22-8-4-5-16(14-22)15-26(24(27)19-6-2-1-3-7-19)23-20-10-17-9-18(12-20)13-21(23)11-17/h1-8,14,17-18,20-21,23H,9-13,15H2. The molecule has 2 radical (unpaired) electrons. The van der Waals surface area contributed by atoms with Crippen molar-refractivity contribution in [1.82, 2.24) is 4.90 Å². The molecule has 4 saturated carbocycles. The second-order valence-corrected chi connectivity index (χ2v) is 8.97. The maximum Gasteiger partial charge on any atom is 0.254 e. The van der Waals surface area contributed by atoms with Crippen molar-refractivity contribution in [2.24, 2.45) is 23.7 Å². The third kappa shape index (κ3) is 3.22. The van der Waals surface area contributed by atoms with Gasteiger partial charge in [-0.05, 0) is 73.5 Å². The summed E-state index contributed by atoms with van der Waals surface area (Å²) in [6, 6.07) is 18.2. The Morgan fingerprint density at radius 1 is 0.889 bits per heavy atom. The van der Waals surface area contributed by atoms with Crippen molar-refractivity contribution in [3.05, 3.63) is 65.7 Å². The summed E-state index contributed by atoms with van der Waals surface area (Å²) in [6.07, 6.45) is 6.68. The molecule has 27 heavy (non-hydrogen) atoms. The van der Waals surface area contributed by atoms with Crippen LogP contribution in [0.3, 0.4) is 0 Å². The molecule has 2 nitrogen and oxygen atoms in total. The van der Waals surface area contributed by atoms with Crippen LogP contribution in [0.15, 0.2) is 54.6 Å². The van der Waals surface area contributed by atoms with Gasteiger partial charge in [-0.15, -0.1) is 0 Å². The second kappa shape index (κ2) is 6.85. The first-order chi connectivity index (χ1) is 13.2. The van der Waals surface area contributed by atoms with Gasteiger partial charge in [0.15, 0.2) is 0 Å². The molecule has 3 heteroatoms. The third-order valence-electron chi connectivity index (χ3n) is 7.12. The molecule has 0 heterocycles. The van der Waals surface area contributed by atoms with Gasteiger partial charge in [0, 0.05) is 18.2 Å². The minimum absolute atomic E-state index is 0.176. The van der Waals surface area contributed by atoms with Crippen molar-refractivity contribution in [2.75, 3.05) is 0 Å². The Bertz CT molecular complexity index is 805. The largest absolute Gasteiger partial charge is 0.331 e. The SMILES string of the molecule is [B]c1cccc(CN(C(=O)c2ccccc2)C2C3CC4CC(C3)CC2C4)c1. The van der Waals surface area contributed by atoms with Crippen LogP contribution < -0.4 is 5.46 Å². The summed E-state index contributed by atoms with van der Waals surface area (Å²) in [7, 11) is 6.01.